The molecule has 0 radical (unpaired) electrons. The molecule has 5 nitrogen and oxygen atoms in total. The number of halogens is 3. The number of carbonyl (C=O) groups excluding carboxylic acids is 1. The van der Waals surface area contributed by atoms with Gasteiger partial charge in [0.25, 0.3) is 5.91 Å². The maximum atomic E-state index is 13.7. The van der Waals surface area contributed by atoms with Crippen molar-refractivity contribution in [3.8, 4) is 23.6 Å². The Bertz CT molecular complexity index is 1110. The molecule has 1 atom stereocenters. The summed E-state index contributed by atoms with van der Waals surface area (Å²) in [6.07, 6.45) is 1.21. The van der Waals surface area contributed by atoms with Crippen LogP contribution in [-0.4, -0.2) is 26.0 Å². The summed E-state index contributed by atoms with van der Waals surface area (Å²) in [6, 6.07) is 9.10. The monoisotopic (exact) mass is 400 g/mol. The number of nitrogens with one attached hydrogen (secondary N) is 1. The van der Waals surface area contributed by atoms with Gasteiger partial charge in [0.05, 0.1) is 11.2 Å². The molecule has 0 aliphatic heterocycles. The maximum Gasteiger partial charge on any atom is 0.433 e. The number of fused-ring (bicyclic) bond motifs is 1. The van der Waals surface area contributed by atoms with Gasteiger partial charge in [0.15, 0.2) is 17.0 Å². The number of carbonyl (C=O) groups is 1. The van der Waals surface area contributed by atoms with E-state index in [0.29, 0.717) is 16.5 Å². The Kier molecular flexibility index (Phi) is 5.09. The van der Waals surface area contributed by atoms with Crippen molar-refractivity contribution >= 4 is 11.6 Å². The lowest BCUT2D eigenvalue weighted by atomic mass is 10.0. The fourth-order valence-electron chi connectivity index (χ4n) is 2.70. The van der Waals surface area contributed by atoms with Crippen LogP contribution in [0.25, 0.3) is 16.9 Å². The van der Waals surface area contributed by atoms with E-state index in [9.17, 15) is 18.0 Å². The van der Waals surface area contributed by atoms with Crippen molar-refractivity contribution < 1.29 is 18.0 Å². The molecule has 0 spiro atoms. The second-order valence-electron chi connectivity index (χ2n) is 6.97. The van der Waals surface area contributed by atoms with E-state index in [0.717, 1.165) is 11.6 Å². The van der Waals surface area contributed by atoms with Crippen molar-refractivity contribution in [2.24, 2.45) is 0 Å². The molecule has 2 heterocycles. The molecule has 0 unspecified atom stereocenters. The van der Waals surface area contributed by atoms with Crippen LogP contribution in [0.2, 0.25) is 0 Å². The van der Waals surface area contributed by atoms with Crippen LogP contribution in [0.5, 0.6) is 0 Å². The number of hydrogen-bond acceptors (Lipinski definition) is 3. The van der Waals surface area contributed by atoms with Gasteiger partial charge in [-0.2, -0.15) is 18.3 Å². The minimum Gasteiger partial charge on any atom is -0.335 e. The zero-order chi connectivity index (χ0) is 21.4. The molecular formula is C21H19F3N4O. The van der Waals surface area contributed by atoms with Crippen molar-refractivity contribution in [2.45, 2.75) is 38.9 Å². The van der Waals surface area contributed by atoms with E-state index in [-0.39, 0.29) is 17.0 Å². The van der Waals surface area contributed by atoms with Gasteiger partial charge in [0, 0.05) is 11.6 Å². The van der Waals surface area contributed by atoms with Crippen LogP contribution >= 0.6 is 0 Å². The molecule has 1 aromatic carbocycles. The topological polar surface area (TPSA) is 59.3 Å². The minimum atomic E-state index is -4.68. The quantitative estimate of drug-likeness (QED) is 0.666. The summed E-state index contributed by atoms with van der Waals surface area (Å²) < 4.78 is 41.6. The van der Waals surface area contributed by atoms with Crippen molar-refractivity contribution in [1.29, 1.82) is 0 Å². The molecule has 150 valence electrons. The Morgan fingerprint density at radius 1 is 1.24 bits per heavy atom. The molecule has 0 bridgehead atoms. The van der Waals surface area contributed by atoms with E-state index in [2.05, 4.69) is 21.3 Å². The lowest BCUT2D eigenvalue weighted by Gasteiger charge is -2.22. The lowest BCUT2D eigenvalue weighted by Crippen LogP contribution is -2.44. The molecule has 0 saturated heterocycles. The van der Waals surface area contributed by atoms with Crippen molar-refractivity contribution in [3.05, 3.63) is 53.3 Å². The minimum absolute atomic E-state index is 0.0838. The highest BCUT2D eigenvalue weighted by Crippen LogP contribution is 2.32. The lowest BCUT2D eigenvalue weighted by molar-refractivity contribution is -0.142. The Labute approximate surface area is 166 Å². The summed E-state index contributed by atoms with van der Waals surface area (Å²) in [5.41, 5.74) is -0.590. The molecule has 3 aromatic rings. The van der Waals surface area contributed by atoms with Crippen molar-refractivity contribution in [3.63, 3.8) is 0 Å². The SMILES string of the molecule is C#C[C@](C)(CC)NC(=O)c1cc2nc(-c3ccc(C)cc3)cc(C(F)(F)F)n2n1. The number of alkyl halides is 3. The van der Waals surface area contributed by atoms with Gasteiger partial charge in [-0.25, -0.2) is 9.50 Å². The summed E-state index contributed by atoms with van der Waals surface area (Å²) in [5.74, 6) is 1.81. The summed E-state index contributed by atoms with van der Waals surface area (Å²) >= 11 is 0. The molecule has 29 heavy (non-hydrogen) atoms. The van der Waals surface area contributed by atoms with Crippen LogP contribution < -0.4 is 5.32 Å². The van der Waals surface area contributed by atoms with E-state index in [1.54, 1.807) is 38.1 Å². The highest BCUT2D eigenvalue weighted by Gasteiger charge is 2.36. The molecular weight excluding hydrogens is 381 g/mol. The first-order valence-corrected chi connectivity index (χ1v) is 8.91. The number of terminal acetylenes is 1. The van der Waals surface area contributed by atoms with Crippen LogP contribution in [0.15, 0.2) is 36.4 Å². The number of hydrogen-bond donors (Lipinski definition) is 1. The van der Waals surface area contributed by atoms with Gasteiger partial charge in [0.2, 0.25) is 0 Å². The molecule has 1 N–H and O–H groups in total. The molecule has 0 saturated carbocycles. The zero-order valence-corrected chi connectivity index (χ0v) is 16.1. The largest absolute Gasteiger partial charge is 0.433 e. The van der Waals surface area contributed by atoms with Crippen LogP contribution in [0, 0.1) is 19.3 Å². The third-order valence-corrected chi connectivity index (χ3v) is 4.71. The molecule has 2 aromatic heterocycles. The highest BCUT2D eigenvalue weighted by atomic mass is 19.4. The number of rotatable bonds is 4. The predicted octanol–water partition coefficient (Wildman–Crippen LogP) is 4.26. The second-order valence-corrected chi connectivity index (χ2v) is 6.97. The van der Waals surface area contributed by atoms with E-state index in [1.165, 1.54) is 6.07 Å². The molecule has 0 aliphatic rings. The van der Waals surface area contributed by atoms with Crippen LogP contribution in [-0.2, 0) is 6.18 Å². The first-order chi connectivity index (χ1) is 13.6. The highest BCUT2D eigenvalue weighted by molar-refractivity contribution is 5.94. The Balaban J connectivity index is 2.12. The average Bonchev–Trinajstić information content (AvgIpc) is 3.11. The van der Waals surface area contributed by atoms with Crippen LogP contribution in [0.3, 0.4) is 0 Å². The van der Waals surface area contributed by atoms with Gasteiger partial charge in [-0.15, -0.1) is 6.42 Å². The van der Waals surface area contributed by atoms with Gasteiger partial charge in [0.1, 0.15) is 0 Å². The van der Waals surface area contributed by atoms with Crippen LogP contribution in [0.4, 0.5) is 13.2 Å². The fourth-order valence-corrected chi connectivity index (χ4v) is 2.70. The summed E-state index contributed by atoms with van der Waals surface area (Å²) in [5, 5.41) is 6.46. The third kappa shape index (κ3) is 4.09. The number of aryl methyl sites for hydroxylation is 1. The van der Waals surface area contributed by atoms with E-state index >= 15 is 0 Å². The van der Waals surface area contributed by atoms with E-state index in [1.807, 2.05) is 6.92 Å². The molecule has 1 amide bonds. The third-order valence-electron chi connectivity index (χ3n) is 4.71. The average molecular weight is 400 g/mol. The first-order valence-electron chi connectivity index (χ1n) is 8.91. The molecule has 8 heteroatoms. The summed E-state index contributed by atoms with van der Waals surface area (Å²) in [4.78, 5) is 16.8. The number of aromatic nitrogens is 3. The molecule has 0 aliphatic carbocycles. The Hall–Kier alpha value is -3.34. The number of nitrogens with zero attached hydrogens (tertiary/aromatic N) is 3. The van der Waals surface area contributed by atoms with Crippen molar-refractivity contribution in [1.82, 2.24) is 19.9 Å². The summed E-state index contributed by atoms with van der Waals surface area (Å²) in [7, 11) is 0. The summed E-state index contributed by atoms with van der Waals surface area (Å²) in [6.45, 7) is 5.32. The Morgan fingerprint density at radius 3 is 2.45 bits per heavy atom. The van der Waals surface area contributed by atoms with Gasteiger partial charge in [-0.1, -0.05) is 42.7 Å². The first kappa shape index (κ1) is 20.4. The molecule has 0 fully saturated rings. The maximum absolute atomic E-state index is 13.7. The van der Waals surface area contributed by atoms with Crippen molar-refractivity contribution in [2.75, 3.05) is 0 Å². The van der Waals surface area contributed by atoms with E-state index < -0.39 is 23.3 Å². The Morgan fingerprint density at radius 2 is 1.90 bits per heavy atom. The number of benzene rings is 1. The standard InChI is InChI=1S/C21H19F3N4O/c1-5-20(4,6-2)26-19(29)16-12-18-25-15(14-9-7-13(3)8-10-14)11-17(21(22,23)24)28(18)27-16/h1,7-12H,6H2,2-4H3,(H,26,29)/t20-/m1/s1. The fraction of sp³-hybridized carbons (Fsp3) is 0.286. The smallest absolute Gasteiger partial charge is 0.335 e. The zero-order valence-electron chi connectivity index (χ0n) is 16.1. The predicted molar refractivity (Wildman–Crippen MR) is 103 cm³/mol. The number of amides is 1. The van der Waals surface area contributed by atoms with Gasteiger partial charge < -0.3 is 5.32 Å². The van der Waals surface area contributed by atoms with Gasteiger partial charge in [-0.3, -0.25) is 4.79 Å². The second kappa shape index (κ2) is 7.24. The van der Waals surface area contributed by atoms with Crippen LogP contribution in [0.1, 0.15) is 42.0 Å². The normalized spacial score (nSPS) is 13.7. The van der Waals surface area contributed by atoms with Gasteiger partial charge >= 0.3 is 6.18 Å². The molecule has 3 rings (SSSR count). The van der Waals surface area contributed by atoms with E-state index in [4.69, 9.17) is 6.42 Å². The van der Waals surface area contributed by atoms with Gasteiger partial charge in [-0.05, 0) is 26.3 Å².